The Morgan fingerprint density at radius 3 is 2.87 bits per heavy atom. The van der Waals surface area contributed by atoms with Gasteiger partial charge in [0.2, 0.25) is 0 Å². The molecule has 1 aromatic rings. The van der Waals surface area contributed by atoms with Crippen molar-refractivity contribution in [3.8, 4) is 0 Å². The lowest BCUT2D eigenvalue weighted by molar-refractivity contribution is 0.0695. The van der Waals surface area contributed by atoms with E-state index in [4.69, 9.17) is 5.11 Å². The summed E-state index contributed by atoms with van der Waals surface area (Å²) in [6.45, 7) is 0.656. The molecule has 80 valence electrons. The van der Waals surface area contributed by atoms with Gasteiger partial charge in [0, 0.05) is 16.2 Å². The van der Waals surface area contributed by atoms with Crippen molar-refractivity contribution in [3.05, 3.63) is 32.9 Å². The van der Waals surface area contributed by atoms with Gasteiger partial charge in [0.25, 0.3) is 0 Å². The van der Waals surface area contributed by atoms with Crippen LogP contribution in [0.5, 0.6) is 0 Å². The fourth-order valence-electron chi connectivity index (χ4n) is 1.44. The lowest BCUT2D eigenvalue weighted by Crippen LogP contribution is -2.17. The van der Waals surface area contributed by atoms with Gasteiger partial charge >= 0.3 is 5.97 Å². The van der Waals surface area contributed by atoms with E-state index in [0.717, 1.165) is 9.13 Å². The molecular formula is C11H12INO2. The number of aromatic carboxylic acids is 1. The minimum Gasteiger partial charge on any atom is -0.478 e. The number of carboxylic acids is 1. The number of benzene rings is 1. The van der Waals surface area contributed by atoms with Gasteiger partial charge in [-0.05, 0) is 53.1 Å². The number of hydrogen-bond acceptors (Lipinski definition) is 2. The Hall–Kier alpha value is -0.620. The largest absolute Gasteiger partial charge is 0.478 e. The molecule has 0 atom stereocenters. The van der Waals surface area contributed by atoms with Crippen molar-refractivity contribution in [1.29, 1.82) is 0 Å². The van der Waals surface area contributed by atoms with Crippen LogP contribution in [-0.4, -0.2) is 17.1 Å². The SMILES string of the molecule is O=C(O)c1cc(I)ccc1CNC1CC1. The first-order chi connectivity index (χ1) is 7.16. The highest BCUT2D eigenvalue weighted by Crippen LogP contribution is 2.20. The molecule has 0 aliphatic heterocycles. The van der Waals surface area contributed by atoms with Crippen molar-refractivity contribution in [2.24, 2.45) is 0 Å². The summed E-state index contributed by atoms with van der Waals surface area (Å²) in [5.74, 6) is -0.846. The van der Waals surface area contributed by atoms with Gasteiger partial charge in [-0.25, -0.2) is 4.79 Å². The molecule has 0 bridgehead atoms. The molecule has 3 nitrogen and oxygen atoms in total. The van der Waals surface area contributed by atoms with Crippen molar-refractivity contribution in [3.63, 3.8) is 0 Å². The van der Waals surface area contributed by atoms with Crippen LogP contribution in [-0.2, 0) is 6.54 Å². The molecule has 1 aliphatic carbocycles. The van der Waals surface area contributed by atoms with E-state index in [1.807, 2.05) is 12.1 Å². The predicted octanol–water partition coefficient (Wildman–Crippen LogP) is 2.24. The normalized spacial score (nSPS) is 15.3. The maximum absolute atomic E-state index is 11.0. The topological polar surface area (TPSA) is 49.3 Å². The summed E-state index contributed by atoms with van der Waals surface area (Å²) in [5.41, 5.74) is 1.28. The average molecular weight is 317 g/mol. The molecule has 1 fully saturated rings. The molecule has 1 saturated carbocycles. The second-order valence-electron chi connectivity index (χ2n) is 3.76. The summed E-state index contributed by atoms with van der Waals surface area (Å²) in [4.78, 5) is 11.0. The highest BCUT2D eigenvalue weighted by atomic mass is 127. The summed E-state index contributed by atoms with van der Waals surface area (Å²) in [6.07, 6.45) is 2.43. The number of hydrogen-bond donors (Lipinski definition) is 2. The molecule has 0 radical (unpaired) electrons. The Kier molecular flexibility index (Phi) is 3.25. The number of halogens is 1. The van der Waals surface area contributed by atoms with E-state index in [9.17, 15) is 4.79 Å². The molecule has 0 unspecified atom stereocenters. The molecule has 1 aliphatic rings. The van der Waals surface area contributed by atoms with Crippen LogP contribution in [0.4, 0.5) is 0 Å². The van der Waals surface area contributed by atoms with Gasteiger partial charge in [0.15, 0.2) is 0 Å². The Balaban J connectivity index is 2.15. The van der Waals surface area contributed by atoms with E-state index >= 15 is 0 Å². The lowest BCUT2D eigenvalue weighted by Gasteiger charge is -2.07. The van der Waals surface area contributed by atoms with Crippen LogP contribution in [0.3, 0.4) is 0 Å². The van der Waals surface area contributed by atoms with E-state index in [2.05, 4.69) is 27.9 Å². The summed E-state index contributed by atoms with van der Waals surface area (Å²) >= 11 is 2.13. The van der Waals surface area contributed by atoms with E-state index in [1.54, 1.807) is 6.07 Å². The number of carbonyl (C=O) groups is 1. The van der Waals surface area contributed by atoms with E-state index in [1.165, 1.54) is 12.8 Å². The zero-order valence-corrected chi connectivity index (χ0v) is 10.3. The van der Waals surface area contributed by atoms with Crippen molar-refractivity contribution in [2.45, 2.75) is 25.4 Å². The van der Waals surface area contributed by atoms with E-state index in [-0.39, 0.29) is 0 Å². The van der Waals surface area contributed by atoms with Crippen molar-refractivity contribution >= 4 is 28.6 Å². The first-order valence-corrected chi connectivity index (χ1v) is 6.00. The smallest absolute Gasteiger partial charge is 0.336 e. The number of nitrogens with one attached hydrogen (secondary N) is 1. The van der Waals surface area contributed by atoms with Gasteiger partial charge in [-0.1, -0.05) is 6.07 Å². The van der Waals surface area contributed by atoms with Gasteiger partial charge in [0.1, 0.15) is 0 Å². The zero-order chi connectivity index (χ0) is 10.8. The average Bonchev–Trinajstić information content (AvgIpc) is 2.99. The van der Waals surface area contributed by atoms with Gasteiger partial charge in [-0.2, -0.15) is 0 Å². The van der Waals surface area contributed by atoms with Crippen LogP contribution in [0.1, 0.15) is 28.8 Å². The highest BCUT2D eigenvalue weighted by molar-refractivity contribution is 14.1. The van der Waals surface area contributed by atoms with Crippen molar-refractivity contribution in [2.75, 3.05) is 0 Å². The van der Waals surface area contributed by atoms with E-state index < -0.39 is 5.97 Å². The highest BCUT2D eigenvalue weighted by Gasteiger charge is 2.21. The third-order valence-corrected chi connectivity index (χ3v) is 3.13. The molecule has 4 heteroatoms. The minimum atomic E-state index is -0.846. The monoisotopic (exact) mass is 317 g/mol. The molecule has 0 amide bonds. The third-order valence-electron chi connectivity index (χ3n) is 2.46. The van der Waals surface area contributed by atoms with Crippen LogP contribution in [0.15, 0.2) is 18.2 Å². The van der Waals surface area contributed by atoms with Crippen molar-refractivity contribution in [1.82, 2.24) is 5.32 Å². The van der Waals surface area contributed by atoms with Gasteiger partial charge in [-0.3, -0.25) is 0 Å². The molecule has 0 saturated heterocycles. The fourth-order valence-corrected chi connectivity index (χ4v) is 1.93. The quantitative estimate of drug-likeness (QED) is 0.838. The van der Waals surface area contributed by atoms with Gasteiger partial charge in [0.05, 0.1) is 5.56 Å². The van der Waals surface area contributed by atoms with Crippen LogP contribution in [0, 0.1) is 3.57 Å². The Labute approximate surface area is 102 Å². The molecule has 1 aromatic carbocycles. The Morgan fingerprint density at radius 2 is 2.27 bits per heavy atom. The summed E-state index contributed by atoms with van der Waals surface area (Å²) < 4.78 is 0.958. The second-order valence-corrected chi connectivity index (χ2v) is 5.01. The standard InChI is InChI=1S/C11H12INO2/c12-8-2-1-7(6-13-9-3-4-9)10(5-8)11(14)15/h1-2,5,9,13H,3-4,6H2,(H,14,15). The number of rotatable bonds is 4. The lowest BCUT2D eigenvalue weighted by atomic mass is 10.1. The zero-order valence-electron chi connectivity index (χ0n) is 8.16. The first-order valence-electron chi connectivity index (χ1n) is 4.92. The molecular weight excluding hydrogens is 305 g/mol. The Morgan fingerprint density at radius 1 is 1.53 bits per heavy atom. The van der Waals surface area contributed by atoms with Crippen LogP contribution in [0.25, 0.3) is 0 Å². The predicted molar refractivity (Wildman–Crippen MR) is 66.0 cm³/mol. The molecule has 2 rings (SSSR count). The van der Waals surface area contributed by atoms with Crippen molar-refractivity contribution < 1.29 is 9.90 Å². The first kappa shape index (κ1) is 10.9. The molecule has 15 heavy (non-hydrogen) atoms. The maximum Gasteiger partial charge on any atom is 0.336 e. The summed E-state index contributed by atoms with van der Waals surface area (Å²) in [5, 5.41) is 12.4. The molecule has 0 spiro atoms. The molecule has 0 heterocycles. The molecule has 2 N–H and O–H groups in total. The van der Waals surface area contributed by atoms with Crippen LogP contribution >= 0.6 is 22.6 Å². The second kappa shape index (κ2) is 4.49. The van der Waals surface area contributed by atoms with Gasteiger partial charge in [-0.15, -0.1) is 0 Å². The van der Waals surface area contributed by atoms with Crippen LogP contribution < -0.4 is 5.32 Å². The third kappa shape index (κ3) is 2.92. The fraction of sp³-hybridized carbons (Fsp3) is 0.364. The Bertz CT molecular complexity index is 388. The van der Waals surface area contributed by atoms with Crippen LogP contribution in [0.2, 0.25) is 0 Å². The summed E-state index contributed by atoms with van der Waals surface area (Å²) in [7, 11) is 0. The van der Waals surface area contributed by atoms with E-state index in [0.29, 0.717) is 18.2 Å². The van der Waals surface area contributed by atoms with Gasteiger partial charge < -0.3 is 10.4 Å². The maximum atomic E-state index is 11.0. The number of carboxylic acid groups (broad SMARTS) is 1. The molecule has 0 aromatic heterocycles. The minimum absolute atomic E-state index is 0.412. The summed E-state index contributed by atoms with van der Waals surface area (Å²) in [6, 6.07) is 6.15.